The topological polar surface area (TPSA) is 79.5 Å². The lowest BCUT2D eigenvalue weighted by Crippen LogP contribution is -2.35. The van der Waals surface area contributed by atoms with Gasteiger partial charge in [0.25, 0.3) is 0 Å². The molecule has 7 heteroatoms. The van der Waals surface area contributed by atoms with Gasteiger partial charge in [0.2, 0.25) is 17.6 Å². The third kappa shape index (κ3) is 3.79. The molecule has 2 aromatic rings. The number of amides is 1. The first-order valence-corrected chi connectivity index (χ1v) is 8.08. The molecule has 1 heterocycles. The molecule has 3 rings (SSSR count). The molecule has 128 valence electrons. The van der Waals surface area contributed by atoms with E-state index in [0.717, 1.165) is 12.8 Å². The standard InChI is InChI=1S/C17H20FN3O3/c1-11-2-3-12(10-14(11)18)17-19-15(24-20-17)6-7-16(23)21(8-9-22)13-4-5-13/h2-3,10,13,22H,4-9H2,1H3. The second-order valence-corrected chi connectivity index (χ2v) is 6.02. The third-order valence-electron chi connectivity index (χ3n) is 4.10. The molecule has 0 aliphatic heterocycles. The fourth-order valence-corrected chi connectivity index (χ4v) is 2.57. The monoisotopic (exact) mass is 333 g/mol. The van der Waals surface area contributed by atoms with E-state index in [4.69, 9.17) is 9.63 Å². The minimum absolute atomic E-state index is 0.0207. The Morgan fingerprint density at radius 3 is 2.92 bits per heavy atom. The average molecular weight is 333 g/mol. The van der Waals surface area contributed by atoms with E-state index in [1.807, 2.05) is 0 Å². The van der Waals surface area contributed by atoms with E-state index in [0.29, 0.717) is 35.8 Å². The number of carbonyl (C=O) groups is 1. The van der Waals surface area contributed by atoms with Crippen LogP contribution in [0.2, 0.25) is 0 Å². The highest BCUT2D eigenvalue weighted by molar-refractivity contribution is 5.77. The molecule has 0 bridgehead atoms. The summed E-state index contributed by atoms with van der Waals surface area (Å²) >= 11 is 0. The maximum Gasteiger partial charge on any atom is 0.227 e. The van der Waals surface area contributed by atoms with Crippen LogP contribution in [0.3, 0.4) is 0 Å². The van der Waals surface area contributed by atoms with Crippen LogP contribution in [0, 0.1) is 12.7 Å². The van der Waals surface area contributed by atoms with Crippen molar-refractivity contribution in [2.45, 2.75) is 38.6 Å². The fraction of sp³-hybridized carbons (Fsp3) is 0.471. The van der Waals surface area contributed by atoms with Crippen LogP contribution in [0.25, 0.3) is 11.4 Å². The Morgan fingerprint density at radius 2 is 2.25 bits per heavy atom. The predicted molar refractivity (Wildman–Crippen MR) is 84.6 cm³/mol. The van der Waals surface area contributed by atoms with Gasteiger partial charge in [0.05, 0.1) is 6.61 Å². The van der Waals surface area contributed by atoms with E-state index in [9.17, 15) is 9.18 Å². The summed E-state index contributed by atoms with van der Waals surface area (Å²) in [5.74, 6) is 0.315. The number of aryl methyl sites for hydroxylation is 2. The number of aliphatic hydroxyl groups is 1. The number of halogens is 1. The van der Waals surface area contributed by atoms with Crippen LogP contribution in [-0.4, -0.2) is 45.2 Å². The van der Waals surface area contributed by atoms with Crippen LogP contribution in [0.5, 0.6) is 0 Å². The van der Waals surface area contributed by atoms with Crippen molar-refractivity contribution in [3.8, 4) is 11.4 Å². The summed E-state index contributed by atoms with van der Waals surface area (Å²) in [6.45, 7) is 2.01. The van der Waals surface area contributed by atoms with E-state index in [1.54, 1.807) is 24.0 Å². The quantitative estimate of drug-likeness (QED) is 0.839. The van der Waals surface area contributed by atoms with Gasteiger partial charge < -0.3 is 14.5 Å². The smallest absolute Gasteiger partial charge is 0.227 e. The lowest BCUT2D eigenvalue weighted by Gasteiger charge is -2.20. The van der Waals surface area contributed by atoms with Crippen LogP contribution in [0.4, 0.5) is 4.39 Å². The van der Waals surface area contributed by atoms with Crippen molar-refractivity contribution < 1.29 is 18.8 Å². The minimum Gasteiger partial charge on any atom is -0.395 e. The van der Waals surface area contributed by atoms with Crippen LogP contribution < -0.4 is 0 Å². The first-order chi connectivity index (χ1) is 11.6. The number of hydrogen-bond acceptors (Lipinski definition) is 5. The molecular formula is C17H20FN3O3. The van der Waals surface area contributed by atoms with Crippen LogP contribution in [0.1, 0.15) is 30.7 Å². The first kappa shape index (κ1) is 16.6. The van der Waals surface area contributed by atoms with Gasteiger partial charge in [-0.1, -0.05) is 17.3 Å². The van der Waals surface area contributed by atoms with Crippen LogP contribution in [0.15, 0.2) is 22.7 Å². The zero-order valence-corrected chi connectivity index (χ0v) is 13.5. The molecule has 1 N–H and O–H groups in total. The maximum absolute atomic E-state index is 13.6. The number of rotatable bonds is 7. The summed E-state index contributed by atoms with van der Waals surface area (Å²) in [4.78, 5) is 18.2. The third-order valence-corrected chi connectivity index (χ3v) is 4.10. The molecule has 1 amide bonds. The number of benzene rings is 1. The molecule has 1 aromatic heterocycles. The predicted octanol–water partition coefficient (Wildman–Crippen LogP) is 2.10. The van der Waals surface area contributed by atoms with E-state index in [-0.39, 0.29) is 30.8 Å². The SMILES string of the molecule is Cc1ccc(-c2noc(CCC(=O)N(CCO)C3CC3)n2)cc1F. The second-order valence-electron chi connectivity index (χ2n) is 6.02. The number of nitrogens with zero attached hydrogens (tertiary/aromatic N) is 3. The summed E-state index contributed by atoms with van der Waals surface area (Å²) in [7, 11) is 0. The molecule has 1 saturated carbocycles. The van der Waals surface area contributed by atoms with Gasteiger partial charge in [0.15, 0.2) is 0 Å². The van der Waals surface area contributed by atoms with Crippen molar-refractivity contribution in [2.75, 3.05) is 13.2 Å². The van der Waals surface area contributed by atoms with Crippen molar-refractivity contribution in [3.05, 3.63) is 35.5 Å². The highest BCUT2D eigenvalue weighted by atomic mass is 19.1. The number of aromatic nitrogens is 2. The second kappa shape index (κ2) is 7.09. The van der Waals surface area contributed by atoms with Gasteiger partial charge in [-0.15, -0.1) is 0 Å². The summed E-state index contributed by atoms with van der Waals surface area (Å²) in [5.41, 5.74) is 1.09. The molecule has 1 aromatic carbocycles. The molecule has 0 spiro atoms. The number of aliphatic hydroxyl groups excluding tert-OH is 1. The Labute approximate surface area is 139 Å². The molecule has 0 radical (unpaired) electrons. The highest BCUT2D eigenvalue weighted by Gasteiger charge is 2.31. The Balaban J connectivity index is 1.61. The summed E-state index contributed by atoms with van der Waals surface area (Å²) < 4.78 is 18.8. The van der Waals surface area contributed by atoms with Gasteiger partial charge in [-0.2, -0.15) is 4.98 Å². The largest absolute Gasteiger partial charge is 0.395 e. The van der Waals surface area contributed by atoms with E-state index in [2.05, 4.69) is 10.1 Å². The van der Waals surface area contributed by atoms with Crippen molar-refractivity contribution in [3.63, 3.8) is 0 Å². The van der Waals surface area contributed by atoms with E-state index >= 15 is 0 Å². The highest BCUT2D eigenvalue weighted by Crippen LogP contribution is 2.27. The van der Waals surface area contributed by atoms with E-state index in [1.165, 1.54) is 6.07 Å². The van der Waals surface area contributed by atoms with Gasteiger partial charge >= 0.3 is 0 Å². The lowest BCUT2D eigenvalue weighted by molar-refractivity contribution is -0.132. The Bertz CT molecular complexity index is 728. The molecule has 0 saturated heterocycles. The van der Waals surface area contributed by atoms with Gasteiger partial charge in [0.1, 0.15) is 5.82 Å². The molecular weight excluding hydrogens is 313 g/mol. The van der Waals surface area contributed by atoms with Crippen molar-refractivity contribution in [1.82, 2.24) is 15.0 Å². The maximum atomic E-state index is 13.6. The molecule has 1 aliphatic carbocycles. The normalized spacial score (nSPS) is 14.0. The summed E-state index contributed by atoms with van der Waals surface area (Å²) in [5, 5.41) is 12.9. The molecule has 6 nitrogen and oxygen atoms in total. The van der Waals surface area contributed by atoms with Crippen molar-refractivity contribution >= 4 is 5.91 Å². The molecule has 0 unspecified atom stereocenters. The van der Waals surface area contributed by atoms with Crippen molar-refractivity contribution in [2.24, 2.45) is 0 Å². The Morgan fingerprint density at radius 1 is 1.46 bits per heavy atom. The molecule has 1 fully saturated rings. The van der Waals surface area contributed by atoms with Gasteiger partial charge in [-0.25, -0.2) is 4.39 Å². The zero-order valence-electron chi connectivity index (χ0n) is 13.5. The van der Waals surface area contributed by atoms with Gasteiger partial charge in [0, 0.05) is 31.0 Å². The van der Waals surface area contributed by atoms with Gasteiger partial charge in [-0.3, -0.25) is 4.79 Å². The minimum atomic E-state index is -0.321. The van der Waals surface area contributed by atoms with Crippen molar-refractivity contribution in [1.29, 1.82) is 0 Å². The lowest BCUT2D eigenvalue weighted by atomic mass is 10.1. The summed E-state index contributed by atoms with van der Waals surface area (Å²) in [6.07, 6.45) is 2.57. The average Bonchev–Trinajstić information content (AvgIpc) is 3.30. The molecule has 1 aliphatic rings. The molecule has 24 heavy (non-hydrogen) atoms. The molecule has 0 atom stereocenters. The summed E-state index contributed by atoms with van der Waals surface area (Å²) in [6, 6.07) is 5.02. The first-order valence-electron chi connectivity index (χ1n) is 8.08. The fourth-order valence-electron chi connectivity index (χ4n) is 2.57. The zero-order chi connectivity index (χ0) is 17.1. The number of hydrogen-bond donors (Lipinski definition) is 1. The van der Waals surface area contributed by atoms with Crippen LogP contribution >= 0.6 is 0 Å². The van der Waals surface area contributed by atoms with Gasteiger partial charge in [-0.05, 0) is 31.4 Å². The number of carbonyl (C=O) groups excluding carboxylic acids is 1. The van der Waals surface area contributed by atoms with E-state index < -0.39 is 0 Å². The Kier molecular flexibility index (Phi) is 4.89. The Hall–Kier alpha value is -2.28. The van der Waals surface area contributed by atoms with Crippen LogP contribution in [-0.2, 0) is 11.2 Å².